The van der Waals surface area contributed by atoms with Gasteiger partial charge < -0.3 is 0 Å². The van der Waals surface area contributed by atoms with Gasteiger partial charge in [0, 0.05) is 21.2 Å². The summed E-state index contributed by atoms with van der Waals surface area (Å²) in [6.07, 6.45) is 0. The standard InChI is InChI=1S/C32H19BrN2/c33-27-16-14-22-11-12-23-17-25(18-24-13-15-26(27)31(22)30(23)24)32-34-28(20-7-3-1-4-8-20)19-29(35-32)21-9-5-2-6-10-21/h1-19H. The van der Waals surface area contributed by atoms with Gasteiger partial charge in [0.1, 0.15) is 0 Å². The first-order chi connectivity index (χ1) is 17.2. The number of hydrogen-bond donors (Lipinski definition) is 0. The molecule has 6 aromatic carbocycles. The van der Waals surface area contributed by atoms with Crippen molar-refractivity contribution in [3.63, 3.8) is 0 Å². The number of benzene rings is 6. The second-order valence-electron chi connectivity index (χ2n) is 8.82. The van der Waals surface area contributed by atoms with E-state index in [9.17, 15) is 0 Å². The number of nitrogens with zero attached hydrogens (tertiary/aromatic N) is 2. The quantitative estimate of drug-likeness (QED) is 0.221. The van der Waals surface area contributed by atoms with Crippen molar-refractivity contribution in [2.45, 2.75) is 0 Å². The van der Waals surface area contributed by atoms with E-state index in [1.54, 1.807) is 0 Å². The fourth-order valence-electron chi connectivity index (χ4n) is 5.00. The second kappa shape index (κ2) is 8.00. The molecule has 0 aliphatic carbocycles. The second-order valence-corrected chi connectivity index (χ2v) is 9.67. The Labute approximate surface area is 211 Å². The summed E-state index contributed by atoms with van der Waals surface area (Å²) in [6, 6.07) is 40.3. The van der Waals surface area contributed by atoms with Crippen molar-refractivity contribution in [2.75, 3.05) is 0 Å². The van der Waals surface area contributed by atoms with Gasteiger partial charge in [-0.2, -0.15) is 0 Å². The van der Waals surface area contributed by atoms with Gasteiger partial charge in [0.25, 0.3) is 0 Å². The molecule has 3 heteroatoms. The molecule has 0 atom stereocenters. The molecule has 0 N–H and O–H groups in total. The summed E-state index contributed by atoms with van der Waals surface area (Å²) in [7, 11) is 0. The Hall–Kier alpha value is -4.08. The van der Waals surface area contributed by atoms with Crippen LogP contribution in [0.1, 0.15) is 0 Å². The van der Waals surface area contributed by atoms with Crippen molar-refractivity contribution in [3.8, 4) is 33.9 Å². The molecule has 7 rings (SSSR count). The van der Waals surface area contributed by atoms with E-state index in [0.29, 0.717) is 0 Å². The zero-order chi connectivity index (χ0) is 23.4. The van der Waals surface area contributed by atoms with Crippen LogP contribution < -0.4 is 0 Å². The summed E-state index contributed by atoms with van der Waals surface area (Å²) in [5.74, 6) is 0.733. The third-order valence-corrected chi connectivity index (χ3v) is 7.36. The highest BCUT2D eigenvalue weighted by atomic mass is 79.9. The van der Waals surface area contributed by atoms with Gasteiger partial charge in [0.05, 0.1) is 11.4 Å². The van der Waals surface area contributed by atoms with E-state index in [4.69, 9.17) is 9.97 Å². The van der Waals surface area contributed by atoms with Gasteiger partial charge in [-0.15, -0.1) is 0 Å². The number of hydrogen-bond acceptors (Lipinski definition) is 2. The molecule has 0 saturated heterocycles. The summed E-state index contributed by atoms with van der Waals surface area (Å²) in [5.41, 5.74) is 5.02. The minimum Gasteiger partial charge on any atom is -0.228 e. The van der Waals surface area contributed by atoms with Crippen molar-refractivity contribution < 1.29 is 0 Å². The van der Waals surface area contributed by atoms with E-state index in [1.165, 1.54) is 32.3 Å². The smallest absolute Gasteiger partial charge is 0.160 e. The Balaban J connectivity index is 1.50. The van der Waals surface area contributed by atoms with E-state index in [2.05, 4.69) is 94.8 Å². The largest absolute Gasteiger partial charge is 0.228 e. The fraction of sp³-hybridized carbons (Fsp3) is 0. The molecule has 7 aromatic rings. The summed E-state index contributed by atoms with van der Waals surface area (Å²) < 4.78 is 1.12. The van der Waals surface area contributed by atoms with Crippen molar-refractivity contribution in [3.05, 3.63) is 120 Å². The maximum atomic E-state index is 5.03. The first-order valence-electron chi connectivity index (χ1n) is 11.6. The van der Waals surface area contributed by atoms with Gasteiger partial charge >= 0.3 is 0 Å². The minimum absolute atomic E-state index is 0.733. The number of rotatable bonds is 3. The molecule has 0 spiro atoms. The van der Waals surface area contributed by atoms with Gasteiger partial charge in [-0.3, -0.25) is 0 Å². The minimum atomic E-state index is 0.733. The van der Waals surface area contributed by atoms with E-state index in [1.807, 2.05) is 36.4 Å². The van der Waals surface area contributed by atoms with E-state index in [-0.39, 0.29) is 0 Å². The molecule has 0 aliphatic rings. The molecule has 1 heterocycles. The molecule has 0 saturated carbocycles. The molecule has 0 unspecified atom stereocenters. The van der Waals surface area contributed by atoms with Crippen LogP contribution in [0.5, 0.6) is 0 Å². The molecule has 35 heavy (non-hydrogen) atoms. The average Bonchev–Trinajstić information content (AvgIpc) is 2.93. The summed E-state index contributed by atoms with van der Waals surface area (Å²) >= 11 is 3.73. The third-order valence-electron chi connectivity index (χ3n) is 6.67. The zero-order valence-corrected chi connectivity index (χ0v) is 20.3. The van der Waals surface area contributed by atoms with Crippen molar-refractivity contribution >= 4 is 48.2 Å². The monoisotopic (exact) mass is 510 g/mol. The van der Waals surface area contributed by atoms with Crippen LogP contribution in [-0.4, -0.2) is 9.97 Å². The topological polar surface area (TPSA) is 25.8 Å². The highest BCUT2D eigenvalue weighted by molar-refractivity contribution is 9.10. The lowest BCUT2D eigenvalue weighted by Gasteiger charge is -2.14. The molecule has 2 nitrogen and oxygen atoms in total. The fourth-order valence-corrected chi connectivity index (χ4v) is 5.47. The molecule has 0 fully saturated rings. The van der Waals surface area contributed by atoms with Gasteiger partial charge in [-0.05, 0) is 56.6 Å². The Morgan fingerprint density at radius 1 is 0.457 bits per heavy atom. The lowest BCUT2D eigenvalue weighted by atomic mass is 9.92. The summed E-state index contributed by atoms with van der Waals surface area (Å²) in [5, 5.41) is 7.47. The Kier molecular flexibility index (Phi) is 4.64. The molecular formula is C32H19BrN2. The average molecular weight is 511 g/mol. The van der Waals surface area contributed by atoms with Crippen molar-refractivity contribution in [1.82, 2.24) is 9.97 Å². The first-order valence-corrected chi connectivity index (χ1v) is 12.4. The normalized spacial score (nSPS) is 11.6. The van der Waals surface area contributed by atoms with Crippen LogP contribution in [0.3, 0.4) is 0 Å². The van der Waals surface area contributed by atoms with Crippen LogP contribution in [0, 0.1) is 0 Å². The Bertz CT molecular complexity index is 1770. The van der Waals surface area contributed by atoms with Crippen LogP contribution in [0.4, 0.5) is 0 Å². The van der Waals surface area contributed by atoms with E-state index < -0.39 is 0 Å². The molecule has 0 radical (unpaired) electrons. The van der Waals surface area contributed by atoms with Crippen LogP contribution >= 0.6 is 15.9 Å². The zero-order valence-electron chi connectivity index (χ0n) is 18.7. The van der Waals surface area contributed by atoms with Gasteiger partial charge in [0.15, 0.2) is 5.82 Å². The lowest BCUT2D eigenvalue weighted by molar-refractivity contribution is 1.18. The number of aromatic nitrogens is 2. The summed E-state index contributed by atoms with van der Waals surface area (Å²) in [6.45, 7) is 0. The third kappa shape index (κ3) is 3.39. The SMILES string of the molecule is Brc1ccc2ccc3cc(-c4nc(-c5ccccc5)cc(-c5ccccc5)n4)cc4ccc1c2c34. The Morgan fingerprint density at radius 2 is 1.00 bits per heavy atom. The lowest BCUT2D eigenvalue weighted by Crippen LogP contribution is -1.96. The van der Waals surface area contributed by atoms with E-state index in [0.717, 1.165) is 38.4 Å². The highest BCUT2D eigenvalue weighted by Gasteiger charge is 2.15. The predicted molar refractivity (Wildman–Crippen MR) is 150 cm³/mol. The van der Waals surface area contributed by atoms with Crippen LogP contribution in [0.15, 0.2) is 120 Å². The van der Waals surface area contributed by atoms with Gasteiger partial charge in [-0.25, -0.2) is 9.97 Å². The van der Waals surface area contributed by atoms with Crippen molar-refractivity contribution in [2.24, 2.45) is 0 Å². The predicted octanol–water partition coefficient (Wildman–Crippen LogP) is 9.14. The molecule has 0 aliphatic heterocycles. The maximum Gasteiger partial charge on any atom is 0.160 e. The summed E-state index contributed by atoms with van der Waals surface area (Å²) in [4.78, 5) is 10.1. The molecule has 0 bridgehead atoms. The highest BCUT2D eigenvalue weighted by Crippen LogP contribution is 2.39. The molecule has 1 aromatic heterocycles. The first kappa shape index (κ1) is 20.3. The molecule has 0 amide bonds. The van der Waals surface area contributed by atoms with Crippen LogP contribution in [-0.2, 0) is 0 Å². The van der Waals surface area contributed by atoms with Crippen molar-refractivity contribution in [1.29, 1.82) is 0 Å². The van der Waals surface area contributed by atoms with E-state index >= 15 is 0 Å². The number of halogens is 1. The molecule has 164 valence electrons. The molecular weight excluding hydrogens is 492 g/mol. The maximum absolute atomic E-state index is 5.03. The van der Waals surface area contributed by atoms with Crippen LogP contribution in [0.2, 0.25) is 0 Å². The van der Waals surface area contributed by atoms with Crippen LogP contribution in [0.25, 0.3) is 66.2 Å². The van der Waals surface area contributed by atoms with Gasteiger partial charge in [0.2, 0.25) is 0 Å². The Morgan fingerprint density at radius 3 is 1.63 bits per heavy atom. The van der Waals surface area contributed by atoms with Gasteiger partial charge in [-0.1, -0.05) is 107 Å².